The first-order valence-electron chi connectivity index (χ1n) is 17.8. The second-order valence-corrected chi connectivity index (χ2v) is 13.8. The van der Waals surface area contributed by atoms with E-state index in [2.05, 4.69) is 0 Å². The summed E-state index contributed by atoms with van der Waals surface area (Å²) in [5.41, 5.74) is -11.0. The van der Waals surface area contributed by atoms with Gasteiger partial charge in [-0.05, 0) is 16.7 Å². The summed E-state index contributed by atoms with van der Waals surface area (Å²) in [4.78, 5) is -0.254. The van der Waals surface area contributed by atoms with Gasteiger partial charge < -0.3 is 112 Å². The van der Waals surface area contributed by atoms with Gasteiger partial charge in [0, 0.05) is 0 Å². The third kappa shape index (κ3) is 5.91. The van der Waals surface area contributed by atoms with Gasteiger partial charge in [0.2, 0.25) is 34.5 Å². The molecule has 0 bridgehead atoms. The molecule has 0 aliphatic carbocycles. The van der Waals surface area contributed by atoms with Crippen LogP contribution in [0.25, 0.3) is 44.5 Å². The summed E-state index contributed by atoms with van der Waals surface area (Å²) in [6.45, 7) is 0. The van der Waals surface area contributed by atoms with E-state index >= 15 is 0 Å². The average molecular weight is 902 g/mol. The van der Waals surface area contributed by atoms with E-state index in [0.29, 0.717) is 5.56 Å². The molecule has 7 aromatic rings. The van der Waals surface area contributed by atoms with Crippen LogP contribution in [0.4, 0.5) is 17.1 Å². The monoisotopic (exact) mass is 901 g/mol. The zero-order valence-corrected chi connectivity index (χ0v) is 32.0. The second kappa shape index (κ2) is 14.8. The number of phenolic OH excluding ortho intramolecular Hbond substituents is 22. The highest BCUT2D eigenvalue weighted by atomic mass is 16.4. The van der Waals surface area contributed by atoms with E-state index < -0.39 is 171 Å². The maximum absolute atomic E-state index is 11.8. The van der Waals surface area contributed by atoms with Crippen LogP contribution in [0.3, 0.4) is 0 Å². The number of hydrogen-bond donors (Lipinski definition) is 22. The predicted molar refractivity (Wildman–Crippen MR) is 219 cm³/mol. The standard InChI is InChI=1S/C42H31NO22/c44-21-13(12-9-5-4-8-11(12)10-6-2-1-3-7-10)22(45)32(55)18(31(21)54)43(19-33(56)23(46)14(24(47)34(19)57)16-27(50)37(60)41(64)38(61)28(16)51)20-35(58)25(48)15(26(49)36(20)59)17-29(52)39(62)42(65)40(63)30(17)53/h1-9,44-65H. The molecule has 0 aliphatic heterocycles. The van der Waals surface area contributed by atoms with Gasteiger partial charge in [-0.1, -0.05) is 54.6 Å². The third-order valence-electron chi connectivity index (χ3n) is 10.3. The summed E-state index contributed by atoms with van der Waals surface area (Å²) in [7, 11) is 0. The van der Waals surface area contributed by atoms with Crippen LogP contribution >= 0.6 is 0 Å². The van der Waals surface area contributed by atoms with E-state index in [9.17, 15) is 112 Å². The first kappa shape index (κ1) is 43.0. The SMILES string of the molecule is Oc1c(O)c(O)c(-c2c(O)c(O)c(N(c3c(O)c(O)c(-c4ccccc4-c4ccccc4)c(O)c3O)c3c(O)c(O)c(-c4c(O)c(O)c(O)c(O)c4O)c(O)c3O)c(O)c2O)c(O)c1O. The van der Waals surface area contributed by atoms with Crippen molar-refractivity contribution in [2.75, 3.05) is 4.90 Å². The second-order valence-electron chi connectivity index (χ2n) is 13.8. The van der Waals surface area contributed by atoms with Gasteiger partial charge in [0.25, 0.3) is 0 Å². The summed E-state index contributed by atoms with van der Waals surface area (Å²) < 4.78 is 0. The molecule has 23 heteroatoms. The van der Waals surface area contributed by atoms with Gasteiger partial charge >= 0.3 is 0 Å². The Morgan fingerprint density at radius 2 is 0.415 bits per heavy atom. The Kier molecular flexibility index (Phi) is 9.83. The zero-order valence-electron chi connectivity index (χ0n) is 32.0. The third-order valence-corrected chi connectivity index (χ3v) is 10.3. The first-order chi connectivity index (χ1) is 30.5. The molecular weight excluding hydrogens is 870 g/mol. The topological polar surface area (TPSA) is 448 Å². The van der Waals surface area contributed by atoms with Crippen LogP contribution < -0.4 is 4.90 Å². The van der Waals surface area contributed by atoms with Crippen molar-refractivity contribution in [2.45, 2.75) is 0 Å². The molecule has 0 radical (unpaired) electrons. The number of hydrogen-bond acceptors (Lipinski definition) is 23. The normalized spacial score (nSPS) is 11.2. The van der Waals surface area contributed by atoms with E-state index in [1.165, 1.54) is 18.2 Å². The lowest BCUT2D eigenvalue weighted by Gasteiger charge is -2.31. The molecule has 0 aromatic heterocycles. The molecule has 7 aromatic carbocycles. The molecule has 65 heavy (non-hydrogen) atoms. The summed E-state index contributed by atoms with van der Waals surface area (Å²) in [6, 6.07) is 13.9. The molecule has 0 aliphatic rings. The van der Waals surface area contributed by atoms with Gasteiger partial charge in [-0.15, -0.1) is 0 Å². The van der Waals surface area contributed by atoms with Crippen molar-refractivity contribution < 1.29 is 112 Å². The quantitative estimate of drug-likeness (QED) is 0.0708. The zero-order chi connectivity index (χ0) is 48.0. The fraction of sp³-hybridized carbons (Fsp3) is 0. The molecule has 23 nitrogen and oxygen atoms in total. The number of phenols is 22. The average Bonchev–Trinajstić information content (AvgIpc) is 3.29. The minimum absolute atomic E-state index is 0.104. The Bertz CT molecular complexity index is 2900. The number of anilines is 3. The van der Waals surface area contributed by atoms with Crippen LogP contribution in [0.1, 0.15) is 0 Å². The summed E-state index contributed by atoms with van der Waals surface area (Å²) >= 11 is 0. The Hall–Kier alpha value is -10.1. The van der Waals surface area contributed by atoms with Gasteiger partial charge in [0.15, 0.2) is 92.0 Å². The van der Waals surface area contributed by atoms with Crippen LogP contribution in [0.15, 0.2) is 54.6 Å². The van der Waals surface area contributed by atoms with Gasteiger partial charge in [-0.3, -0.25) is 4.90 Å². The van der Waals surface area contributed by atoms with Crippen LogP contribution in [0, 0.1) is 0 Å². The molecule has 0 amide bonds. The molecule has 336 valence electrons. The molecule has 22 N–H and O–H groups in total. The molecule has 0 atom stereocenters. The highest BCUT2D eigenvalue weighted by Gasteiger charge is 2.42. The summed E-state index contributed by atoms with van der Waals surface area (Å²) in [5.74, 6) is -37.2. The van der Waals surface area contributed by atoms with Crippen LogP contribution in [-0.4, -0.2) is 112 Å². The van der Waals surface area contributed by atoms with Gasteiger partial charge in [0.05, 0.1) is 27.8 Å². The van der Waals surface area contributed by atoms with Crippen molar-refractivity contribution in [3.63, 3.8) is 0 Å². The highest BCUT2D eigenvalue weighted by molar-refractivity contribution is 6.06. The van der Waals surface area contributed by atoms with Gasteiger partial charge in [-0.25, -0.2) is 0 Å². The lowest BCUT2D eigenvalue weighted by molar-refractivity contribution is 0.329. The Morgan fingerprint density at radius 1 is 0.200 bits per heavy atom. The summed E-state index contributed by atoms with van der Waals surface area (Å²) in [5, 5.41) is 242. The van der Waals surface area contributed by atoms with Crippen molar-refractivity contribution in [1.29, 1.82) is 0 Å². The largest absolute Gasteiger partial charge is 0.504 e. The van der Waals surface area contributed by atoms with Crippen molar-refractivity contribution >= 4 is 17.1 Å². The Balaban J connectivity index is 1.64. The number of benzene rings is 7. The van der Waals surface area contributed by atoms with Crippen molar-refractivity contribution in [3.8, 4) is 171 Å². The van der Waals surface area contributed by atoms with E-state index in [-0.39, 0.29) is 16.0 Å². The van der Waals surface area contributed by atoms with E-state index in [0.717, 1.165) is 0 Å². The minimum Gasteiger partial charge on any atom is -0.504 e. The first-order valence-corrected chi connectivity index (χ1v) is 17.8. The Morgan fingerprint density at radius 3 is 0.708 bits per heavy atom. The maximum atomic E-state index is 11.8. The van der Waals surface area contributed by atoms with Crippen LogP contribution in [0.5, 0.6) is 126 Å². The van der Waals surface area contributed by atoms with E-state index in [4.69, 9.17) is 0 Å². The fourth-order valence-electron chi connectivity index (χ4n) is 7.17. The van der Waals surface area contributed by atoms with Crippen LogP contribution in [-0.2, 0) is 0 Å². The molecule has 0 fully saturated rings. The lowest BCUT2D eigenvalue weighted by atomic mass is 9.92. The van der Waals surface area contributed by atoms with Gasteiger partial charge in [0.1, 0.15) is 17.1 Å². The molecule has 0 unspecified atom stereocenters. The molecular formula is C42H31NO22. The van der Waals surface area contributed by atoms with Crippen LogP contribution in [0.2, 0.25) is 0 Å². The fourth-order valence-corrected chi connectivity index (χ4v) is 7.17. The number of aromatic hydroxyl groups is 22. The van der Waals surface area contributed by atoms with E-state index in [1.54, 1.807) is 36.4 Å². The highest BCUT2D eigenvalue weighted by Crippen LogP contribution is 2.70. The minimum atomic E-state index is -1.91. The Labute approximate surface area is 359 Å². The predicted octanol–water partition coefficient (Wildman–Crippen LogP) is 5.35. The van der Waals surface area contributed by atoms with E-state index in [1.807, 2.05) is 0 Å². The molecule has 0 heterocycles. The number of rotatable bonds is 7. The molecule has 0 saturated heterocycles. The van der Waals surface area contributed by atoms with Gasteiger partial charge in [-0.2, -0.15) is 0 Å². The summed E-state index contributed by atoms with van der Waals surface area (Å²) in [6.07, 6.45) is 0. The van der Waals surface area contributed by atoms with Crippen molar-refractivity contribution in [2.24, 2.45) is 0 Å². The lowest BCUT2D eigenvalue weighted by Crippen LogP contribution is -2.13. The smallest absolute Gasteiger partial charge is 0.208 e. The maximum Gasteiger partial charge on any atom is 0.208 e. The van der Waals surface area contributed by atoms with Crippen molar-refractivity contribution in [1.82, 2.24) is 0 Å². The molecule has 0 spiro atoms. The van der Waals surface area contributed by atoms with Crippen molar-refractivity contribution in [3.05, 3.63) is 54.6 Å². The molecule has 0 saturated carbocycles. The number of nitrogens with zero attached hydrogens (tertiary/aromatic N) is 1. The molecule has 7 rings (SSSR count).